The highest BCUT2D eigenvalue weighted by Crippen LogP contribution is 2.46. The number of methoxy groups -OCH3 is 2. The average Bonchev–Trinajstić information content (AvgIpc) is 3.41. The molecule has 1 saturated heterocycles. The van der Waals surface area contributed by atoms with E-state index in [1.807, 2.05) is 0 Å². The fraction of sp³-hybridized carbons (Fsp3) is 0.120. The summed E-state index contributed by atoms with van der Waals surface area (Å²) in [5.74, 6) is -2.55. The summed E-state index contributed by atoms with van der Waals surface area (Å²) < 4.78 is 25.1. The number of carbonyl (C=O) groups is 2. The van der Waals surface area contributed by atoms with E-state index < -0.39 is 29.3 Å². The Labute approximate surface area is 223 Å². The second-order valence-electron chi connectivity index (χ2n) is 7.87. The smallest absolute Gasteiger partial charge is 0.301 e. The van der Waals surface area contributed by atoms with Gasteiger partial charge in [0.1, 0.15) is 23.1 Å². The first kappa shape index (κ1) is 24.9. The van der Waals surface area contributed by atoms with Crippen molar-refractivity contribution < 1.29 is 28.6 Å². The average molecular weight is 560 g/mol. The SMILES string of the molecule is COc1cc(OC)c(/C(O)=C2\C(=O)C(=O)N(c3nc4cc(Cl)c(F)cc4s3)C2c2ccncc2)cc1Cl. The molecule has 8 nitrogen and oxygen atoms in total. The summed E-state index contributed by atoms with van der Waals surface area (Å²) >= 11 is 13.2. The van der Waals surface area contributed by atoms with Crippen LogP contribution < -0.4 is 14.4 Å². The van der Waals surface area contributed by atoms with Crippen molar-refractivity contribution in [3.63, 3.8) is 0 Å². The second-order valence-corrected chi connectivity index (χ2v) is 9.69. The van der Waals surface area contributed by atoms with Crippen LogP contribution in [-0.2, 0) is 9.59 Å². The minimum absolute atomic E-state index is 0.0866. The predicted molar refractivity (Wildman–Crippen MR) is 138 cm³/mol. The number of benzene rings is 2. The third-order valence-corrected chi connectivity index (χ3v) is 7.42. The van der Waals surface area contributed by atoms with Crippen LogP contribution in [0.2, 0.25) is 10.0 Å². The number of amides is 1. The zero-order chi connectivity index (χ0) is 26.4. The number of halogens is 3. The third-order valence-electron chi connectivity index (χ3n) is 5.82. The van der Waals surface area contributed by atoms with Gasteiger partial charge in [0, 0.05) is 18.5 Å². The molecule has 2 aromatic heterocycles. The number of carbonyl (C=O) groups excluding carboxylic acids is 2. The summed E-state index contributed by atoms with van der Waals surface area (Å²) in [7, 11) is 2.80. The molecule has 2 aromatic carbocycles. The van der Waals surface area contributed by atoms with Crippen molar-refractivity contribution in [2.45, 2.75) is 6.04 Å². The van der Waals surface area contributed by atoms with Gasteiger partial charge in [-0.05, 0) is 35.9 Å². The molecule has 0 bridgehead atoms. The molecule has 37 heavy (non-hydrogen) atoms. The van der Waals surface area contributed by atoms with E-state index in [-0.39, 0.29) is 32.1 Å². The Morgan fingerprint density at radius 1 is 1.05 bits per heavy atom. The van der Waals surface area contributed by atoms with Crippen molar-refractivity contribution in [3.05, 3.63) is 81.4 Å². The molecule has 4 aromatic rings. The van der Waals surface area contributed by atoms with Gasteiger partial charge >= 0.3 is 5.91 Å². The number of pyridine rings is 1. The van der Waals surface area contributed by atoms with Gasteiger partial charge < -0.3 is 14.6 Å². The zero-order valence-corrected chi connectivity index (χ0v) is 21.5. The number of ether oxygens (including phenoxy) is 2. The standard InChI is InChI=1S/C25H16Cl2FN3O5S/c1-35-17-10-18(36-2)14(27)7-12(17)22(32)20-21(11-3-5-29-6-4-11)31(24(34)23(20)33)25-30-16-8-13(26)15(28)9-19(16)37-25/h3-10,21,32H,1-2H3/b22-20+. The third kappa shape index (κ3) is 4.16. The van der Waals surface area contributed by atoms with Crippen molar-refractivity contribution in [2.75, 3.05) is 19.1 Å². The van der Waals surface area contributed by atoms with Crippen LogP contribution in [-0.4, -0.2) is 41.0 Å². The Hall–Kier alpha value is -3.73. The van der Waals surface area contributed by atoms with Gasteiger partial charge in [0.25, 0.3) is 5.78 Å². The lowest BCUT2D eigenvalue weighted by atomic mass is 9.95. The molecule has 1 N–H and O–H groups in total. The number of aromatic nitrogens is 2. The fourth-order valence-corrected chi connectivity index (χ4v) is 5.49. The molecule has 1 atom stereocenters. The van der Waals surface area contributed by atoms with E-state index in [4.69, 9.17) is 32.7 Å². The largest absolute Gasteiger partial charge is 0.507 e. The van der Waals surface area contributed by atoms with Crippen LogP contribution in [0.15, 0.2) is 54.4 Å². The molecule has 1 aliphatic rings. The number of ketones is 1. The Balaban J connectivity index is 1.75. The van der Waals surface area contributed by atoms with Gasteiger partial charge in [-0.25, -0.2) is 9.37 Å². The molecule has 188 valence electrons. The molecule has 0 aliphatic carbocycles. The topological polar surface area (TPSA) is 102 Å². The van der Waals surface area contributed by atoms with Crippen molar-refractivity contribution in [1.29, 1.82) is 0 Å². The van der Waals surface area contributed by atoms with Crippen LogP contribution in [0.3, 0.4) is 0 Å². The maximum atomic E-state index is 14.1. The molecule has 1 amide bonds. The van der Waals surface area contributed by atoms with Crippen molar-refractivity contribution >= 4 is 67.3 Å². The Morgan fingerprint density at radius 3 is 2.43 bits per heavy atom. The number of fused-ring (bicyclic) bond motifs is 1. The first-order valence-electron chi connectivity index (χ1n) is 10.6. The van der Waals surface area contributed by atoms with Gasteiger partial charge in [-0.15, -0.1) is 0 Å². The predicted octanol–water partition coefficient (Wildman–Crippen LogP) is 5.78. The van der Waals surface area contributed by atoms with E-state index >= 15 is 0 Å². The van der Waals surface area contributed by atoms with Crippen LogP contribution in [0.5, 0.6) is 11.5 Å². The maximum absolute atomic E-state index is 14.1. The van der Waals surface area contributed by atoms with Crippen LogP contribution in [0.1, 0.15) is 17.2 Å². The molecular weight excluding hydrogens is 544 g/mol. The summed E-state index contributed by atoms with van der Waals surface area (Å²) in [4.78, 5) is 36.4. The van der Waals surface area contributed by atoms with Gasteiger partial charge in [-0.2, -0.15) is 0 Å². The van der Waals surface area contributed by atoms with E-state index in [0.29, 0.717) is 21.5 Å². The number of anilines is 1. The zero-order valence-electron chi connectivity index (χ0n) is 19.2. The van der Waals surface area contributed by atoms with E-state index in [0.717, 1.165) is 16.2 Å². The highest BCUT2D eigenvalue weighted by Gasteiger charge is 2.48. The Kier molecular flexibility index (Phi) is 6.49. The number of hydrogen-bond acceptors (Lipinski definition) is 8. The quantitative estimate of drug-likeness (QED) is 0.188. The molecule has 5 rings (SSSR count). The van der Waals surface area contributed by atoms with Crippen LogP contribution >= 0.6 is 34.5 Å². The lowest BCUT2D eigenvalue weighted by molar-refractivity contribution is -0.132. The van der Waals surface area contributed by atoms with Crippen LogP contribution in [0, 0.1) is 5.82 Å². The number of aliphatic hydroxyl groups is 1. The van der Waals surface area contributed by atoms with Crippen molar-refractivity contribution in [3.8, 4) is 11.5 Å². The second kappa shape index (κ2) is 9.62. The van der Waals surface area contributed by atoms with E-state index in [1.165, 1.54) is 50.9 Å². The van der Waals surface area contributed by atoms with Gasteiger partial charge in [0.2, 0.25) is 0 Å². The summed E-state index contributed by atoms with van der Waals surface area (Å²) in [5.41, 5.74) is 0.714. The Bertz CT molecular complexity index is 1570. The van der Waals surface area contributed by atoms with Crippen molar-refractivity contribution in [2.24, 2.45) is 0 Å². The normalized spacial score (nSPS) is 17.0. The first-order valence-corrected chi connectivity index (χ1v) is 12.2. The van der Waals surface area contributed by atoms with Gasteiger partial charge in [0.15, 0.2) is 5.13 Å². The lowest BCUT2D eigenvalue weighted by Crippen LogP contribution is -2.29. The number of thiazole rings is 1. The van der Waals surface area contributed by atoms with Crippen LogP contribution in [0.4, 0.5) is 9.52 Å². The fourth-order valence-electron chi connectivity index (χ4n) is 4.10. The number of nitrogens with zero attached hydrogens (tertiary/aromatic N) is 3. The maximum Gasteiger partial charge on any atom is 0.301 e. The molecular formula is C25H16Cl2FN3O5S. The highest BCUT2D eigenvalue weighted by molar-refractivity contribution is 7.22. The summed E-state index contributed by atoms with van der Waals surface area (Å²) in [6.45, 7) is 0. The first-order chi connectivity index (χ1) is 17.7. The monoisotopic (exact) mass is 559 g/mol. The molecule has 1 unspecified atom stereocenters. The molecule has 12 heteroatoms. The molecule has 0 radical (unpaired) electrons. The minimum Gasteiger partial charge on any atom is -0.507 e. The summed E-state index contributed by atoms with van der Waals surface area (Å²) in [6.07, 6.45) is 2.99. The minimum atomic E-state index is -1.07. The molecule has 1 fully saturated rings. The van der Waals surface area contributed by atoms with Crippen LogP contribution in [0.25, 0.3) is 16.0 Å². The van der Waals surface area contributed by atoms with Gasteiger partial charge in [-0.3, -0.25) is 19.5 Å². The van der Waals surface area contributed by atoms with E-state index in [1.54, 1.807) is 12.1 Å². The van der Waals surface area contributed by atoms with Gasteiger partial charge in [0.05, 0.1) is 51.7 Å². The molecule has 1 aliphatic heterocycles. The summed E-state index contributed by atoms with van der Waals surface area (Å²) in [5, 5.41) is 11.6. The van der Waals surface area contributed by atoms with Gasteiger partial charge in [-0.1, -0.05) is 34.5 Å². The Morgan fingerprint density at radius 2 is 1.76 bits per heavy atom. The van der Waals surface area contributed by atoms with E-state index in [2.05, 4.69) is 9.97 Å². The van der Waals surface area contributed by atoms with E-state index in [9.17, 15) is 19.1 Å². The van der Waals surface area contributed by atoms with Crippen molar-refractivity contribution in [1.82, 2.24) is 9.97 Å². The molecule has 0 spiro atoms. The molecule has 3 heterocycles. The number of hydrogen-bond donors (Lipinski definition) is 1. The number of Topliss-reactive ketones (excluding diaryl/α,β-unsaturated/α-hetero) is 1. The number of rotatable bonds is 5. The molecule has 0 saturated carbocycles. The highest BCUT2D eigenvalue weighted by atomic mass is 35.5. The lowest BCUT2D eigenvalue weighted by Gasteiger charge is -2.23. The number of aliphatic hydroxyl groups excluding tert-OH is 1. The summed E-state index contributed by atoms with van der Waals surface area (Å²) in [6, 6.07) is 7.54.